The van der Waals surface area contributed by atoms with E-state index in [0.717, 1.165) is 22.6 Å². The van der Waals surface area contributed by atoms with Crippen molar-refractivity contribution in [2.45, 2.75) is 43.4 Å². The van der Waals surface area contributed by atoms with Crippen molar-refractivity contribution in [2.75, 3.05) is 0 Å². The van der Waals surface area contributed by atoms with E-state index >= 15 is 0 Å². The van der Waals surface area contributed by atoms with Crippen LogP contribution in [0.3, 0.4) is 0 Å². The summed E-state index contributed by atoms with van der Waals surface area (Å²) in [6.45, 7) is 0. The molecular weight excluding hydrogens is 488 g/mol. The molecule has 40 heavy (non-hydrogen) atoms. The summed E-state index contributed by atoms with van der Waals surface area (Å²) in [5.41, 5.74) is 3.10. The summed E-state index contributed by atoms with van der Waals surface area (Å²) in [4.78, 5) is 0. The average molecular weight is 521 g/mol. The second-order valence-corrected chi connectivity index (χ2v) is 13.1. The number of hydrogen-bond acceptors (Lipinski definition) is 2. The number of benzene rings is 6. The Labute approximate surface area is 233 Å². The monoisotopic (exact) mass is 520 g/mol. The Morgan fingerprint density at radius 1 is 0.525 bits per heavy atom. The van der Waals surface area contributed by atoms with Gasteiger partial charge in [0.05, 0.1) is 0 Å². The summed E-state index contributed by atoms with van der Waals surface area (Å²) in [5, 5.41) is 30.4. The van der Waals surface area contributed by atoms with Crippen molar-refractivity contribution in [1.82, 2.24) is 0 Å². The lowest BCUT2D eigenvalue weighted by atomic mass is 9.42. The zero-order chi connectivity index (χ0) is 26.6. The minimum Gasteiger partial charge on any atom is -0.508 e. The number of hydrogen-bond donors (Lipinski definition) is 2. The number of fused-ring (bicyclic) bond motifs is 4. The first-order valence-corrected chi connectivity index (χ1v) is 14.9. The molecule has 0 amide bonds. The van der Waals surface area contributed by atoms with E-state index in [0.29, 0.717) is 23.3 Å². The van der Waals surface area contributed by atoms with Crippen LogP contribution in [-0.2, 0) is 5.41 Å². The molecule has 0 spiro atoms. The largest absolute Gasteiger partial charge is 0.508 e. The molecule has 3 unspecified atom stereocenters. The molecule has 0 aromatic heterocycles. The number of phenolic OH excluding ortho intramolecular Hbond substituents is 2. The molecule has 4 saturated carbocycles. The van der Waals surface area contributed by atoms with Crippen molar-refractivity contribution in [2.24, 2.45) is 17.8 Å². The SMILES string of the molecule is Oc1ccc2cc3cccc(C4C5CC6CC(C5)CC4(c4cccc5cc7ccc(O)cc7cc45)C6)c3cc2c1. The summed E-state index contributed by atoms with van der Waals surface area (Å²) < 4.78 is 0. The van der Waals surface area contributed by atoms with Gasteiger partial charge in [0, 0.05) is 5.41 Å². The standard InChI is InChI=1S/C38H32O2/c39-31-9-7-24-14-26-3-1-5-33(34(26)18-28(24)16-31)37-30-12-22-11-23(13-30)21-38(37,20-22)36-6-2-4-27-15-25-8-10-32(40)17-29(25)19-35(27)36/h1-10,14-19,22-23,30,37,39-40H,11-13,20-21H2. The normalized spacial score (nSPS) is 27.3. The van der Waals surface area contributed by atoms with Gasteiger partial charge in [0.1, 0.15) is 11.5 Å². The number of rotatable bonds is 2. The third-order valence-corrected chi connectivity index (χ3v) is 10.9. The molecule has 4 fully saturated rings. The fourth-order valence-corrected chi connectivity index (χ4v) is 9.73. The third kappa shape index (κ3) is 3.17. The molecule has 2 N–H and O–H groups in total. The van der Waals surface area contributed by atoms with Crippen LogP contribution in [0.25, 0.3) is 43.1 Å². The fraction of sp³-hybridized carbons (Fsp3) is 0.263. The molecule has 0 heterocycles. The highest BCUT2D eigenvalue weighted by atomic mass is 16.3. The molecule has 2 nitrogen and oxygen atoms in total. The van der Waals surface area contributed by atoms with Gasteiger partial charge in [-0.15, -0.1) is 0 Å². The quantitative estimate of drug-likeness (QED) is 0.223. The average Bonchev–Trinajstić information content (AvgIpc) is 2.94. The maximum Gasteiger partial charge on any atom is 0.116 e. The first-order chi connectivity index (χ1) is 19.5. The second-order valence-electron chi connectivity index (χ2n) is 13.1. The number of aromatic hydroxyl groups is 2. The van der Waals surface area contributed by atoms with E-state index in [1.165, 1.54) is 75.5 Å². The van der Waals surface area contributed by atoms with Gasteiger partial charge in [0.25, 0.3) is 0 Å². The van der Waals surface area contributed by atoms with Crippen molar-refractivity contribution >= 4 is 43.1 Å². The Kier molecular flexibility index (Phi) is 4.55. The van der Waals surface area contributed by atoms with Crippen LogP contribution >= 0.6 is 0 Å². The Morgan fingerprint density at radius 3 is 1.80 bits per heavy atom. The first kappa shape index (κ1) is 22.7. The minimum atomic E-state index is 0.0980. The minimum absolute atomic E-state index is 0.0980. The molecule has 10 rings (SSSR count). The second kappa shape index (κ2) is 8.01. The summed E-state index contributed by atoms with van der Waals surface area (Å²) in [6, 6.07) is 34.6. The van der Waals surface area contributed by atoms with E-state index in [9.17, 15) is 10.2 Å². The lowest BCUT2D eigenvalue weighted by molar-refractivity contribution is -0.0269. The zero-order valence-electron chi connectivity index (χ0n) is 22.5. The van der Waals surface area contributed by atoms with Gasteiger partial charge in [-0.25, -0.2) is 0 Å². The van der Waals surface area contributed by atoms with Crippen LogP contribution in [-0.4, -0.2) is 10.2 Å². The van der Waals surface area contributed by atoms with E-state index in [4.69, 9.17) is 0 Å². The van der Waals surface area contributed by atoms with Crippen LogP contribution in [0.2, 0.25) is 0 Å². The maximum absolute atomic E-state index is 10.3. The molecule has 196 valence electrons. The molecular formula is C38H32O2. The van der Waals surface area contributed by atoms with Crippen molar-refractivity contribution in [3.63, 3.8) is 0 Å². The van der Waals surface area contributed by atoms with Crippen LogP contribution in [0, 0.1) is 17.8 Å². The van der Waals surface area contributed by atoms with Gasteiger partial charge in [0.2, 0.25) is 0 Å². The molecule has 3 atom stereocenters. The molecule has 0 radical (unpaired) electrons. The van der Waals surface area contributed by atoms with Gasteiger partial charge >= 0.3 is 0 Å². The fourth-order valence-electron chi connectivity index (χ4n) is 9.73. The van der Waals surface area contributed by atoms with Gasteiger partial charge in [-0.3, -0.25) is 0 Å². The number of phenols is 2. The molecule has 0 aliphatic heterocycles. The predicted molar refractivity (Wildman–Crippen MR) is 164 cm³/mol. The van der Waals surface area contributed by atoms with E-state index in [1.807, 2.05) is 24.3 Å². The van der Waals surface area contributed by atoms with Crippen molar-refractivity contribution < 1.29 is 10.2 Å². The van der Waals surface area contributed by atoms with Crippen LogP contribution in [0.5, 0.6) is 11.5 Å². The van der Waals surface area contributed by atoms with E-state index < -0.39 is 0 Å². The summed E-state index contributed by atoms with van der Waals surface area (Å²) in [5.74, 6) is 3.42. The molecule has 4 bridgehead atoms. The molecule has 6 aromatic carbocycles. The Morgan fingerprint density at radius 2 is 1.12 bits per heavy atom. The molecule has 4 aliphatic carbocycles. The van der Waals surface area contributed by atoms with Gasteiger partial charge < -0.3 is 10.2 Å². The maximum atomic E-state index is 10.3. The Bertz CT molecular complexity index is 1990. The molecule has 6 aromatic rings. The Balaban J connectivity index is 1.32. The van der Waals surface area contributed by atoms with Gasteiger partial charge in [-0.1, -0.05) is 48.5 Å². The van der Waals surface area contributed by atoms with Crippen LogP contribution in [0.1, 0.15) is 49.1 Å². The van der Waals surface area contributed by atoms with Crippen LogP contribution in [0.15, 0.2) is 97.1 Å². The van der Waals surface area contributed by atoms with Crippen LogP contribution < -0.4 is 0 Å². The van der Waals surface area contributed by atoms with E-state index in [2.05, 4.69) is 60.7 Å². The van der Waals surface area contributed by atoms with Crippen molar-refractivity contribution in [3.8, 4) is 11.5 Å². The van der Waals surface area contributed by atoms with E-state index in [1.54, 1.807) is 12.1 Å². The first-order valence-electron chi connectivity index (χ1n) is 14.9. The third-order valence-electron chi connectivity index (χ3n) is 10.9. The molecule has 0 saturated heterocycles. The van der Waals surface area contributed by atoms with Gasteiger partial charge in [0.15, 0.2) is 0 Å². The van der Waals surface area contributed by atoms with E-state index in [-0.39, 0.29) is 5.41 Å². The van der Waals surface area contributed by atoms with Crippen LogP contribution in [0.4, 0.5) is 0 Å². The highest BCUT2D eigenvalue weighted by Gasteiger charge is 2.58. The highest BCUT2D eigenvalue weighted by molar-refractivity contribution is 6.02. The van der Waals surface area contributed by atoms with Gasteiger partial charge in [-0.05, 0) is 159 Å². The predicted octanol–water partition coefficient (Wildman–Crippen LogP) is 9.57. The molecule has 2 heteroatoms. The summed E-state index contributed by atoms with van der Waals surface area (Å²) >= 11 is 0. The smallest absolute Gasteiger partial charge is 0.116 e. The Hall–Kier alpha value is -4.04. The topological polar surface area (TPSA) is 40.5 Å². The lowest BCUT2D eigenvalue weighted by Crippen LogP contribution is -2.54. The van der Waals surface area contributed by atoms with Gasteiger partial charge in [-0.2, -0.15) is 0 Å². The highest BCUT2D eigenvalue weighted by Crippen LogP contribution is 2.67. The summed E-state index contributed by atoms with van der Waals surface area (Å²) in [7, 11) is 0. The molecule has 4 aliphatic rings. The van der Waals surface area contributed by atoms with Crippen molar-refractivity contribution in [1.29, 1.82) is 0 Å². The van der Waals surface area contributed by atoms with Crippen molar-refractivity contribution in [3.05, 3.63) is 108 Å². The zero-order valence-corrected chi connectivity index (χ0v) is 22.5. The summed E-state index contributed by atoms with van der Waals surface area (Å²) in [6.07, 6.45) is 6.59. The lowest BCUT2D eigenvalue weighted by Gasteiger charge is -2.62.